The first-order valence-corrected chi connectivity index (χ1v) is 7.95. The van der Waals surface area contributed by atoms with E-state index in [-0.39, 0.29) is 13.2 Å². The second kappa shape index (κ2) is 6.14. The highest BCUT2D eigenvalue weighted by atomic mass is 79.9. The van der Waals surface area contributed by atoms with Gasteiger partial charge in [0.25, 0.3) is 0 Å². The van der Waals surface area contributed by atoms with Crippen molar-refractivity contribution in [1.29, 1.82) is 0 Å². The predicted molar refractivity (Wildman–Crippen MR) is 75.1 cm³/mol. The normalized spacial score (nSPS) is 12.1. The van der Waals surface area contributed by atoms with Gasteiger partial charge in [-0.2, -0.15) is 4.31 Å². The molecule has 0 saturated heterocycles. The van der Waals surface area contributed by atoms with Gasteiger partial charge in [-0.1, -0.05) is 22.9 Å². The van der Waals surface area contributed by atoms with Crippen molar-refractivity contribution in [1.82, 2.24) is 4.31 Å². The molecule has 102 valence electrons. The monoisotopic (exact) mass is 335 g/mol. The Kier molecular flexibility index (Phi) is 5.33. The van der Waals surface area contributed by atoms with E-state index in [0.29, 0.717) is 17.0 Å². The van der Waals surface area contributed by atoms with Gasteiger partial charge in [0.15, 0.2) is 0 Å². The van der Waals surface area contributed by atoms with Gasteiger partial charge in [0.1, 0.15) is 0 Å². The molecule has 0 aromatic heterocycles. The van der Waals surface area contributed by atoms with Crippen molar-refractivity contribution < 1.29 is 13.5 Å². The van der Waals surface area contributed by atoms with Crippen LogP contribution < -0.4 is 0 Å². The molecule has 0 heterocycles. The molecule has 0 aliphatic heterocycles. The summed E-state index contributed by atoms with van der Waals surface area (Å²) in [6, 6.07) is 3.46. The smallest absolute Gasteiger partial charge is 0.243 e. The van der Waals surface area contributed by atoms with E-state index in [2.05, 4.69) is 15.9 Å². The Hall–Kier alpha value is -0.430. The largest absolute Gasteiger partial charge is 0.395 e. The molecule has 4 nitrogen and oxygen atoms in total. The van der Waals surface area contributed by atoms with Crippen molar-refractivity contribution in [2.75, 3.05) is 19.7 Å². The molecule has 1 rings (SSSR count). The lowest BCUT2D eigenvalue weighted by molar-refractivity contribution is 0.257. The number of benzene rings is 1. The van der Waals surface area contributed by atoms with E-state index in [1.54, 1.807) is 26.0 Å². The molecule has 1 N–H and O–H groups in total. The van der Waals surface area contributed by atoms with Crippen LogP contribution in [0.25, 0.3) is 0 Å². The van der Waals surface area contributed by atoms with Crippen molar-refractivity contribution >= 4 is 26.0 Å². The average molecular weight is 336 g/mol. The van der Waals surface area contributed by atoms with Gasteiger partial charge in [-0.05, 0) is 37.1 Å². The first kappa shape index (κ1) is 15.6. The zero-order valence-corrected chi connectivity index (χ0v) is 13.2. The van der Waals surface area contributed by atoms with Crippen molar-refractivity contribution in [2.24, 2.45) is 0 Å². The minimum Gasteiger partial charge on any atom is -0.395 e. The fraction of sp³-hybridized carbons (Fsp3) is 0.500. The molecule has 0 bridgehead atoms. The maximum atomic E-state index is 12.4. The number of sulfonamides is 1. The molecule has 0 atom stereocenters. The number of aliphatic hydroxyl groups is 1. The number of aryl methyl sites for hydroxylation is 2. The molecular weight excluding hydrogens is 318 g/mol. The number of nitrogens with zero attached hydrogens (tertiary/aromatic N) is 1. The summed E-state index contributed by atoms with van der Waals surface area (Å²) >= 11 is 3.38. The summed E-state index contributed by atoms with van der Waals surface area (Å²) in [7, 11) is -3.53. The highest BCUT2D eigenvalue weighted by Crippen LogP contribution is 2.26. The number of rotatable bonds is 5. The molecule has 0 unspecified atom stereocenters. The van der Waals surface area contributed by atoms with Crippen LogP contribution >= 0.6 is 15.9 Å². The van der Waals surface area contributed by atoms with Gasteiger partial charge in [-0.15, -0.1) is 0 Å². The third-order valence-corrected chi connectivity index (χ3v) is 5.75. The molecular formula is C12H18BrNO3S. The number of halogens is 1. The number of hydrogen-bond donors (Lipinski definition) is 1. The molecule has 0 spiro atoms. The van der Waals surface area contributed by atoms with Crippen LogP contribution in [0.2, 0.25) is 0 Å². The molecule has 0 radical (unpaired) electrons. The maximum absolute atomic E-state index is 12.4. The van der Waals surface area contributed by atoms with Crippen molar-refractivity contribution in [3.8, 4) is 0 Å². The van der Waals surface area contributed by atoms with Gasteiger partial charge in [0.05, 0.1) is 11.5 Å². The molecule has 0 aliphatic carbocycles. The SMILES string of the molecule is CCN(CCO)S(=O)(=O)c1cc(C)c(Br)cc1C. The second-order valence-corrected chi connectivity index (χ2v) is 6.85. The maximum Gasteiger partial charge on any atom is 0.243 e. The van der Waals surface area contributed by atoms with Gasteiger partial charge >= 0.3 is 0 Å². The fourth-order valence-electron chi connectivity index (χ4n) is 1.73. The molecule has 18 heavy (non-hydrogen) atoms. The quantitative estimate of drug-likeness (QED) is 0.896. The molecule has 6 heteroatoms. The molecule has 0 saturated carbocycles. The Labute approximate surface area is 117 Å². The van der Waals surface area contributed by atoms with E-state index in [1.807, 2.05) is 6.92 Å². The van der Waals surface area contributed by atoms with Crippen molar-refractivity contribution in [3.05, 3.63) is 27.7 Å². The average Bonchev–Trinajstić information content (AvgIpc) is 2.30. The summed E-state index contributed by atoms with van der Waals surface area (Å²) in [6.45, 7) is 5.66. The van der Waals surface area contributed by atoms with Crippen LogP contribution in [0.3, 0.4) is 0 Å². The van der Waals surface area contributed by atoms with Crippen molar-refractivity contribution in [2.45, 2.75) is 25.7 Å². The summed E-state index contributed by atoms with van der Waals surface area (Å²) in [5.41, 5.74) is 1.57. The molecule has 1 aromatic carbocycles. The first-order valence-electron chi connectivity index (χ1n) is 5.72. The van der Waals surface area contributed by atoms with E-state index in [1.165, 1.54) is 4.31 Å². The van der Waals surface area contributed by atoms with E-state index in [0.717, 1.165) is 10.0 Å². The van der Waals surface area contributed by atoms with Gasteiger partial charge in [-0.3, -0.25) is 0 Å². The molecule has 0 fully saturated rings. The van der Waals surface area contributed by atoms with Crippen LogP contribution in [0.5, 0.6) is 0 Å². The molecule has 0 aliphatic rings. The van der Waals surface area contributed by atoms with Crippen LogP contribution in [0, 0.1) is 13.8 Å². The van der Waals surface area contributed by atoms with E-state index in [4.69, 9.17) is 5.11 Å². The van der Waals surface area contributed by atoms with E-state index < -0.39 is 10.0 Å². The minimum absolute atomic E-state index is 0.118. The Morgan fingerprint density at radius 1 is 1.28 bits per heavy atom. The van der Waals surface area contributed by atoms with Gasteiger partial charge in [-0.25, -0.2) is 8.42 Å². The Bertz CT molecular complexity index is 528. The summed E-state index contributed by atoms with van der Waals surface area (Å²) in [5.74, 6) is 0. The van der Waals surface area contributed by atoms with Crippen LogP contribution in [0.15, 0.2) is 21.5 Å². The number of likely N-dealkylation sites (N-methyl/N-ethyl adjacent to an activating group) is 1. The third kappa shape index (κ3) is 3.12. The van der Waals surface area contributed by atoms with Crippen LogP contribution in [0.4, 0.5) is 0 Å². The third-order valence-electron chi connectivity index (χ3n) is 2.78. The zero-order valence-electron chi connectivity index (χ0n) is 10.8. The second-order valence-electron chi connectivity index (χ2n) is 4.09. The summed E-state index contributed by atoms with van der Waals surface area (Å²) < 4.78 is 27.0. The molecule has 0 amide bonds. The zero-order chi connectivity index (χ0) is 13.9. The standard InChI is InChI=1S/C12H18BrNO3S/c1-4-14(5-6-15)18(16,17)12-8-9(2)11(13)7-10(12)3/h7-8,15H,4-6H2,1-3H3. The number of aliphatic hydroxyl groups excluding tert-OH is 1. The first-order chi connectivity index (χ1) is 8.34. The van der Waals surface area contributed by atoms with Crippen LogP contribution in [-0.2, 0) is 10.0 Å². The predicted octanol–water partition coefficient (Wildman–Crippen LogP) is 2.07. The summed E-state index contributed by atoms with van der Waals surface area (Å²) in [5, 5.41) is 8.93. The van der Waals surface area contributed by atoms with Crippen molar-refractivity contribution in [3.63, 3.8) is 0 Å². The van der Waals surface area contributed by atoms with Gasteiger partial charge < -0.3 is 5.11 Å². The Morgan fingerprint density at radius 2 is 1.89 bits per heavy atom. The van der Waals surface area contributed by atoms with E-state index in [9.17, 15) is 8.42 Å². The van der Waals surface area contributed by atoms with Gasteiger partial charge in [0.2, 0.25) is 10.0 Å². The van der Waals surface area contributed by atoms with E-state index >= 15 is 0 Å². The van der Waals surface area contributed by atoms with Gasteiger partial charge in [0, 0.05) is 17.6 Å². The highest BCUT2D eigenvalue weighted by Gasteiger charge is 2.24. The van der Waals surface area contributed by atoms with Crippen LogP contribution in [0.1, 0.15) is 18.1 Å². The summed E-state index contributed by atoms with van der Waals surface area (Å²) in [6.07, 6.45) is 0. The lowest BCUT2D eigenvalue weighted by Gasteiger charge is -2.21. The molecule has 1 aromatic rings. The number of hydrogen-bond acceptors (Lipinski definition) is 3. The minimum atomic E-state index is -3.53. The highest BCUT2D eigenvalue weighted by molar-refractivity contribution is 9.10. The topological polar surface area (TPSA) is 57.6 Å². The lowest BCUT2D eigenvalue weighted by Crippen LogP contribution is -2.33. The lowest BCUT2D eigenvalue weighted by atomic mass is 10.2. The fourth-order valence-corrected chi connectivity index (χ4v) is 3.92. The Balaban J connectivity index is 3.32. The van der Waals surface area contributed by atoms with Crippen LogP contribution in [-0.4, -0.2) is 37.5 Å². The Morgan fingerprint density at radius 3 is 2.39 bits per heavy atom. The summed E-state index contributed by atoms with van der Waals surface area (Å²) in [4.78, 5) is 0.304.